The zero-order chi connectivity index (χ0) is 8.27. The van der Waals surface area contributed by atoms with Crippen molar-refractivity contribution in [2.45, 2.75) is 32.6 Å². The Morgan fingerprint density at radius 1 is 1.64 bits per heavy atom. The minimum absolute atomic E-state index is 0.160. The highest BCUT2D eigenvalue weighted by molar-refractivity contribution is 5.80. The molecule has 1 aliphatic carbocycles. The first-order valence-corrected chi connectivity index (χ1v) is 4.50. The second-order valence-corrected chi connectivity index (χ2v) is 3.43. The van der Waals surface area contributed by atoms with Gasteiger partial charge in [0.15, 0.2) is 0 Å². The summed E-state index contributed by atoms with van der Waals surface area (Å²) in [6, 6.07) is 0. The molecular weight excluding hydrogens is 138 g/mol. The lowest BCUT2D eigenvalue weighted by Gasteiger charge is -2.10. The Morgan fingerprint density at radius 2 is 2.27 bits per heavy atom. The molecule has 1 fully saturated rings. The van der Waals surface area contributed by atoms with E-state index in [2.05, 4.69) is 0 Å². The molecule has 2 nitrogen and oxygen atoms in total. The fourth-order valence-corrected chi connectivity index (χ4v) is 1.40. The fraction of sp³-hybridized carbons (Fsp3) is 0.889. The molecule has 1 atom stereocenters. The van der Waals surface area contributed by atoms with Crippen LogP contribution in [0.1, 0.15) is 32.6 Å². The highest BCUT2D eigenvalue weighted by atomic mass is 16.1. The molecule has 0 aliphatic heterocycles. The lowest BCUT2D eigenvalue weighted by Crippen LogP contribution is -2.23. The van der Waals surface area contributed by atoms with Crippen molar-refractivity contribution in [3.05, 3.63) is 0 Å². The number of Topliss-reactive ketones (excluding diaryl/α,β-unsaturated/α-hetero) is 1. The molecule has 1 aliphatic rings. The Labute approximate surface area is 68.2 Å². The summed E-state index contributed by atoms with van der Waals surface area (Å²) in [6.45, 7) is 2.46. The molecule has 11 heavy (non-hydrogen) atoms. The first kappa shape index (κ1) is 8.72. The summed E-state index contributed by atoms with van der Waals surface area (Å²) in [6.07, 6.45) is 4.32. The van der Waals surface area contributed by atoms with Gasteiger partial charge in [-0.15, -0.1) is 0 Å². The Bertz CT molecular complexity index is 140. The summed E-state index contributed by atoms with van der Waals surface area (Å²) in [7, 11) is 0. The Kier molecular flexibility index (Phi) is 3.06. The number of carbonyl (C=O) groups excluding carboxylic acids is 1. The quantitative estimate of drug-likeness (QED) is 0.651. The Morgan fingerprint density at radius 3 is 2.64 bits per heavy atom. The molecule has 0 aromatic carbocycles. The minimum Gasteiger partial charge on any atom is -0.330 e. The second-order valence-electron chi connectivity index (χ2n) is 3.43. The molecule has 1 saturated carbocycles. The van der Waals surface area contributed by atoms with Crippen LogP contribution in [0.15, 0.2) is 0 Å². The molecule has 1 unspecified atom stereocenters. The van der Waals surface area contributed by atoms with E-state index in [4.69, 9.17) is 5.73 Å². The molecule has 1 rings (SSSR count). The normalized spacial score (nSPS) is 19.8. The van der Waals surface area contributed by atoms with Crippen molar-refractivity contribution in [2.75, 3.05) is 6.54 Å². The van der Waals surface area contributed by atoms with Gasteiger partial charge in [-0.2, -0.15) is 0 Å². The average Bonchev–Trinajstić information content (AvgIpc) is 2.82. The van der Waals surface area contributed by atoms with Gasteiger partial charge in [-0.25, -0.2) is 0 Å². The fourth-order valence-electron chi connectivity index (χ4n) is 1.40. The van der Waals surface area contributed by atoms with Crippen LogP contribution in [0, 0.1) is 11.8 Å². The summed E-state index contributed by atoms with van der Waals surface area (Å²) in [5.74, 6) is 1.32. The summed E-state index contributed by atoms with van der Waals surface area (Å²) < 4.78 is 0. The lowest BCUT2D eigenvalue weighted by atomic mass is 9.96. The van der Waals surface area contributed by atoms with Crippen molar-refractivity contribution in [1.82, 2.24) is 0 Å². The summed E-state index contributed by atoms with van der Waals surface area (Å²) >= 11 is 0. The van der Waals surface area contributed by atoms with Gasteiger partial charge in [0.05, 0.1) is 0 Å². The first-order valence-electron chi connectivity index (χ1n) is 4.50. The summed E-state index contributed by atoms with van der Waals surface area (Å²) in [5.41, 5.74) is 5.50. The lowest BCUT2D eigenvalue weighted by molar-refractivity contribution is -0.122. The van der Waals surface area contributed by atoms with Gasteiger partial charge in [-0.3, -0.25) is 4.79 Å². The molecule has 0 spiro atoms. The SMILES string of the molecule is CCC(=O)C(CN)CC1CC1. The molecule has 2 N–H and O–H groups in total. The van der Waals surface area contributed by atoms with Crippen molar-refractivity contribution < 1.29 is 4.79 Å². The van der Waals surface area contributed by atoms with Crippen LogP contribution in [0.25, 0.3) is 0 Å². The number of ketones is 1. The third kappa shape index (κ3) is 2.62. The van der Waals surface area contributed by atoms with Gasteiger partial charge >= 0.3 is 0 Å². The molecule has 64 valence electrons. The maximum Gasteiger partial charge on any atom is 0.136 e. The van der Waals surface area contributed by atoms with Crippen molar-refractivity contribution in [1.29, 1.82) is 0 Å². The van der Waals surface area contributed by atoms with Gasteiger partial charge in [0.25, 0.3) is 0 Å². The van der Waals surface area contributed by atoms with Crippen LogP contribution in [-0.4, -0.2) is 12.3 Å². The molecule has 0 heterocycles. The third-order valence-electron chi connectivity index (χ3n) is 2.40. The number of nitrogens with two attached hydrogens (primary N) is 1. The van der Waals surface area contributed by atoms with Crippen LogP contribution in [0.2, 0.25) is 0 Å². The van der Waals surface area contributed by atoms with Crippen LogP contribution >= 0.6 is 0 Å². The van der Waals surface area contributed by atoms with Crippen molar-refractivity contribution in [3.8, 4) is 0 Å². The first-order chi connectivity index (χ1) is 5.27. The number of hydrogen-bond donors (Lipinski definition) is 1. The molecule has 0 radical (unpaired) electrons. The molecule has 0 aromatic heterocycles. The molecule has 0 aromatic rings. The van der Waals surface area contributed by atoms with Gasteiger partial charge in [0.1, 0.15) is 5.78 Å². The van der Waals surface area contributed by atoms with Crippen molar-refractivity contribution >= 4 is 5.78 Å². The maximum atomic E-state index is 11.2. The predicted octanol–water partition coefficient (Wildman–Crippen LogP) is 1.34. The molecule has 2 heteroatoms. The Balaban J connectivity index is 2.27. The van der Waals surface area contributed by atoms with Crippen LogP contribution in [0.3, 0.4) is 0 Å². The average molecular weight is 155 g/mol. The van der Waals surface area contributed by atoms with Crippen LogP contribution in [0.4, 0.5) is 0 Å². The molecule has 0 saturated heterocycles. The highest BCUT2D eigenvalue weighted by Gasteiger charge is 2.27. The molecule has 0 amide bonds. The number of carbonyl (C=O) groups is 1. The van der Waals surface area contributed by atoms with E-state index in [9.17, 15) is 4.79 Å². The number of rotatable bonds is 5. The van der Waals surface area contributed by atoms with E-state index in [0.717, 1.165) is 12.3 Å². The topological polar surface area (TPSA) is 43.1 Å². The number of hydrogen-bond acceptors (Lipinski definition) is 2. The Hall–Kier alpha value is -0.370. The summed E-state index contributed by atoms with van der Waals surface area (Å²) in [5, 5.41) is 0. The largest absolute Gasteiger partial charge is 0.330 e. The predicted molar refractivity (Wildman–Crippen MR) is 45.2 cm³/mol. The van der Waals surface area contributed by atoms with E-state index in [1.54, 1.807) is 0 Å². The van der Waals surface area contributed by atoms with E-state index < -0.39 is 0 Å². The van der Waals surface area contributed by atoms with Gasteiger partial charge in [0, 0.05) is 18.9 Å². The zero-order valence-electron chi connectivity index (χ0n) is 7.18. The smallest absolute Gasteiger partial charge is 0.136 e. The molecular formula is C9H17NO. The van der Waals surface area contributed by atoms with Crippen LogP contribution in [-0.2, 0) is 4.79 Å². The third-order valence-corrected chi connectivity index (χ3v) is 2.40. The second kappa shape index (κ2) is 3.86. The van der Waals surface area contributed by atoms with Crippen LogP contribution < -0.4 is 5.73 Å². The van der Waals surface area contributed by atoms with Crippen molar-refractivity contribution in [2.24, 2.45) is 17.6 Å². The molecule has 0 bridgehead atoms. The van der Waals surface area contributed by atoms with Gasteiger partial charge < -0.3 is 5.73 Å². The monoisotopic (exact) mass is 155 g/mol. The van der Waals surface area contributed by atoms with E-state index in [0.29, 0.717) is 18.7 Å². The van der Waals surface area contributed by atoms with Crippen LogP contribution in [0.5, 0.6) is 0 Å². The standard InChI is InChI=1S/C9H17NO/c1-2-9(11)8(6-10)5-7-3-4-7/h7-8H,2-6,10H2,1H3. The van der Waals surface area contributed by atoms with Gasteiger partial charge in [-0.05, 0) is 12.3 Å². The highest BCUT2D eigenvalue weighted by Crippen LogP contribution is 2.35. The van der Waals surface area contributed by atoms with Gasteiger partial charge in [-0.1, -0.05) is 19.8 Å². The van der Waals surface area contributed by atoms with E-state index in [1.807, 2.05) is 6.92 Å². The van der Waals surface area contributed by atoms with Gasteiger partial charge in [0.2, 0.25) is 0 Å². The zero-order valence-corrected chi connectivity index (χ0v) is 7.18. The maximum absolute atomic E-state index is 11.2. The minimum atomic E-state index is 0.160. The van der Waals surface area contributed by atoms with E-state index in [1.165, 1.54) is 12.8 Å². The van der Waals surface area contributed by atoms with E-state index in [-0.39, 0.29) is 5.92 Å². The van der Waals surface area contributed by atoms with E-state index >= 15 is 0 Å². The van der Waals surface area contributed by atoms with Crippen molar-refractivity contribution in [3.63, 3.8) is 0 Å². The summed E-state index contributed by atoms with van der Waals surface area (Å²) in [4.78, 5) is 11.2.